The molecular weight excluding hydrogens is 356 g/mol. The molecule has 0 aromatic carbocycles. The Labute approximate surface area is 181 Å². The van der Waals surface area contributed by atoms with E-state index in [-0.39, 0.29) is 11.7 Å². The van der Waals surface area contributed by atoms with E-state index in [0.29, 0.717) is 23.9 Å². The largest absolute Gasteiger partial charge is 0.393 e. The van der Waals surface area contributed by atoms with E-state index in [2.05, 4.69) is 47.6 Å². The maximum atomic E-state index is 10.3. The van der Waals surface area contributed by atoms with Gasteiger partial charge in [0.15, 0.2) is 0 Å². The highest BCUT2D eigenvalue weighted by atomic mass is 16.5. The third kappa shape index (κ3) is 7.69. The van der Waals surface area contributed by atoms with E-state index in [1.165, 1.54) is 64.2 Å². The summed E-state index contributed by atoms with van der Waals surface area (Å²) in [5.74, 6) is 2.22. The molecule has 0 spiro atoms. The summed E-state index contributed by atoms with van der Waals surface area (Å²) in [5.41, 5.74) is 1.64. The monoisotopic (exact) mass is 406 g/mol. The van der Waals surface area contributed by atoms with Crippen LogP contribution in [0.5, 0.6) is 0 Å². The molecule has 1 saturated heterocycles. The van der Waals surface area contributed by atoms with Crippen molar-refractivity contribution in [2.75, 3.05) is 0 Å². The lowest BCUT2D eigenvalue weighted by atomic mass is 9.67. The molecular formula is C27H50O2. The molecule has 2 nitrogen and oxygen atoms in total. The fraction of sp³-hybridized carbons (Fsp3) is 0.926. The van der Waals surface area contributed by atoms with Crippen molar-refractivity contribution in [3.05, 3.63) is 11.6 Å². The first-order chi connectivity index (χ1) is 13.8. The highest BCUT2D eigenvalue weighted by Gasteiger charge is 2.46. The quantitative estimate of drug-likeness (QED) is 0.281. The highest BCUT2D eigenvalue weighted by Crippen LogP contribution is 2.46. The average molecular weight is 407 g/mol. The highest BCUT2D eigenvalue weighted by molar-refractivity contribution is 4.98. The third-order valence-electron chi connectivity index (χ3n) is 8.15. The van der Waals surface area contributed by atoms with Gasteiger partial charge in [-0.1, -0.05) is 71.4 Å². The summed E-state index contributed by atoms with van der Waals surface area (Å²) in [4.78, 5) is 0. The number of aliphatic hydroxyl groups is 1. The summed E-state index contributed by atoms with van der Waals surface area (Å²) < 4.78 is 6.73. The van der Waals surface area contributed by atoms with Crippen LogP contribution in [0.3, 0.4) is 0 Å². The summed E-state index contributed by atoms with van der Waals surface area (Å²) in [7, 11) is 0. The Morgan fingerprint density at radius 3 is 2.62 bits per heavy atom. The van der Waals surface area contributed by atoms with Crippen LogP contribution in [0.1, 0.15) is 119 Å². The van der Waals surface area contributed by atoms with E-state index in [0.717, 1.165) is 18.8 Å². The van der Waals surface area contributed by atoms with Crippen molar-refractivity contribution >= 4 is 0 Å². The molecule has 1 saturated carbocycles. The number of ether oxygens (including phenoxy) is 1. The Bertz CT molecular complexity index is 497. The lowest BCUT2D eigenvalue weighted by Gasteiger charge is -2.51. The third-order valence-corrected chi connectivity index (χ3v) is 8.15. The molecule has 1 aliphatic carbocycles. The zero-order valence-corrected chi connectivity index (χ0v) is 20.4. The van der Waals surface area contributed by atoms with Crippen molar-refractivity contribution in [1.82, 2.24) is 0 Å². The van der Waals surface area contributed by atoms with Gasteiger partial charge < -0.3 is 9.84 Å². The molecule has 0 radical (unpaired) electrons. The van der Waals surface area contributed by atoms with Gasteiger partial charge in [-0.05, 0) is 82.5 Å². The van der Waals surface area contributed by atoms with Crippen LogP contribution in [-0.2, 0) is 4.74 Å². The first-order valence-electron chi connectivity index (χ1n) is 12.8. The van der Waals surface area contributed by atoms with Crippen molar-refractivity contribution in [1.29, 1.82) is 0 Å². The zero-order valence-electron chi connectivity index (χ0n) is 20.4. The van der Waals surface area contributed by atoms with Gasteiger partial charge in [-0.15, -0.1) is 0 Å². The van der Waals surface area contributed by atoms with Crippen LogP contribution in [0.15, 0.2) is 11.6 Å². The van der Waals surface area contributed by atoms with Crippen LogP contribution in [0.2, 0.25) is 0 Å². The van der Waals surface area contributed by atoms with Gasteiger partial charge in [0, 0.05) is 0 Å². The number of allylic oxidation sites excluding steroid dienone is 2. The van der Waals surface area contributed by atoms with Gasteiger partial charge in [-0.3, -0.25) is 0 Å². The Hall–Kier alpha value is -0.340. The van der Waals surface area contributed by atoms with Crippen molar-refractivity contribution in [2.24, 2.45) is 23.7 Å². The summed E-state index contributed by atoms with van der Waals surface area (Å²) in [6.07, 6.45) is 17.7. The van der Waals surface area contributed by atoms with Gasteiger partial charge in [0.05, 0.1) is 17.8 Å². The van der Waals surface area contributed by atoms with E-state index in [4.69, 9.17) is 4.74 Å². The molecule has 0 aromatic rings. The molecule has 1 heterocycles. The van der Waals surface area contributed by atoms with Crippen LogP contribution in [0.25, 0.3) is 0 Å². The molecule has 170 valence electrons. The molecule has 1 aliphatic heterocycles. The lowest BCUT2D eigenvalue weighted by molar-refractivity contribution is -0.200. The van der Waals surface area contributed by atoms with E-state index < -0.39 is 0 Å². The summed E-state index contributed by atoms with van der Waals surface area (Å²) in [5, 5.41) is 10.3. The molecule has 7 unspecified atom stereocenters. The Morgan fingerprint density at radius 2 is 1.90 bits per heavy atom. The van der Waals surface area contributed by atoms with Crippen molar-refractivity contribution in [3.63, 3.8) is 0 Å². The number of aliphatic hydroxyl groups excluding tert-OH is 1. The second kappa shape index (κ2) is 11.9. The van der Waals surface area contributed by atoms with Gasteiger partial charge in [-0.2, -0.15) is 0 Å². The van der Waals surface area contributed by atoms with Crippen molar-refractivity contribution in [2.45, 2.75) is 136 Å². The Kier molecular flexibility index (Phi) is 10.2. The average Bonchev–Trinajstić information content (AvgIpc) is 2.67. The SMILES string of the molecule is CCCCC=C(C)CCCC(C)CCCC1(C)CCC2CC(O)C(C)C(C)C2O1. The minimum Gasteiger partial charge on any atom is -0.393 e. The first kappa shape index (κ1) is 24.9. The molecule has 29 heavy (non-hydrogen) atoms. The van der Waals surface area contributed by atoms with Crippen molar-refractivity contribution < 1.29 is 9.84 Å². The van der Waals surface area contributed by atoms with E-state index in [1.807, 2.05) is 0 Å². The summed E-state index contributed by atoms with van der Waals surface area (Å²) >= 11 is 0. The van der Waals surface area contributed by atoms with Gasteiger partial charge in [-0.25, -0.2) is 0 Å². The fourth-order valence-corrected chi connectivity index (χ4v) is 5.64. The maximum Gasteiger partial charge on any atom is 0.0658 e. The summed E-state index contributed by atoms with van der Waals surface area (Å²) in [6.45, 7) is 13.8. The molecule has 2 aliphatic rings. The van der Waals surface area contributed by atoms with Crippen LogP contribution in [0, 0.1) is 23.7 Å². The van der Waals surface area contributed by atoms with Crippen LogP contribution in [0.4, 0.5) is 0 Å². The van der Waals surface area contributed by atoms with Gasteiger partial charge >= 0.3 is 0 Å². The Morgan fingerprint density at radius 1 is 1.17 bits per heavy atom. The predicted octanol–water partition coefficient (Wildman–Crippen LogP) is 7.69. The standard InChI is InChI=1S/C27H50O2/c1-7-8-9-12-20(2)13-10-14-21(3)15-11-17-27(6)18-16-24-19-25(28)22(4)23(5)26(24)29-27/h12,21-26,28H,7-11,13-19H2,1-6H3. The number of hydrogen-bond donors (Lipinski definition) is 1. The van der Waals surface area contributed by atoms with Crippen LogP contribution in [-0.4, -0.2) is 22.9 Å². The van der Waals surface area contributed by atoms with Gasteiger partial charge in [0.1, 0.15) is 0 Å². The molecule has 2 rings (SSSR count). The fourth-order valence-electron chi connectivity index (χ4n) is 5.64. The van der Waals surface area contributed by atoms with Gasteiger partial charge in [0.25, 0.3) is 0 Å². The second-order valence-electron chi connectivity index (χ2n) is 10.9. The first-order valence-corrected chi connectivity index (χ1v) is 12.8. The summed E-state index contributed by atoms with van der Waals surface area (Å²) in [6, 6.07) is 0. The lowest BCUT2D eigenvalue weighted by Crippen LogP contribution is -2.52. The molecule has 2 heteroatoms. The van der Waals surface area contributed by atoms with Crippen molar-refractivity contribution in [3.8, 4) is 0 Å². The number of fused-ring (bicyclic) bond motifs is 1. The minimum absolute atomic E-state index is 0.0514. The smallest absolute Gasteiger partial charge is 0.0658 e. The topological polar surface area (TPSA) is 29.5 Å². The Balaban J connectivity index is 1.67. The van der Waals surface area contributed by atoms with Crippen LogP contribution < -0.4 is 0 Å². The number of rotatable bonds is 11. The number of hydrogen-bond acceptors (Lipinski definition) is 2. The molecule has 2 fully saturated rings. The second-order valence-corrected chi connectivity index (χ2v) is 10.9. The van der Waals surface area contributed by atoms with Gasteiger partial charge in [0.2, 0.25) is 0 Å². The molecule has 1 N–H and O–H groups in total. The minimum atomic E-state index is -0.134. The normalized spacial score (nSPS) is 36.7. The van der Waals surface area contributed by atoms with E-state index >= 15 is 0 Å². The van der Waals surface area contributed by atoms with E-state index in [9.17, 15) is 5.11 Å². The molecule has 0 amide bonds. The maximum absolute atomic E-state index is 10.3. The number of unbranched alkanes of at least 4 members (excludes halogenated alkanes) is 2. The van der Waals surface area contributed by atoms with Crippen LogP contribution >= 0.6 is 0 Å². The van der Waals surface area contributed by atoms with E-state index in [1.54, 1.807) is 5.57 Å². The molecule has 7 atom stereocenters. The molecule has 0 bridgehead atoms. The molecule has 0 aromatic heterocycles. The zero-order chi connectivity index (χ0) is 21.4. The predicted molar refractivity (Wildman–Crippen MR) is 125 cm³/mol.